The fourth-order valence-corrected chi connectivity index (χ4v) is 4.14. The molecule has 182 valence electrons. The van der Waals surface area contributed by atoms with Crippen molar-refractivity contribution in [3.8, 4) is 5.75 Å². The van der Waals surface area contributed by atoms with Crippen LogP contribution in [0, 0.1) is 0 Å². The van der Waals surface area contributed by atoms with Gasteiger partial charge in [-0.1, -0.05) is 32.9 Å². The topological polar surface area (TPSA) is 130 Å². The molecule has 3 aromatic rings. The van der Waals surface area contributed by atoms with Crippen LogP contribution in [0.15, 0.2) is 48.5 Å². The van der Waals surface area contributed by atoms with E-state index >= 15 is 0 Å². The number of ketones is 1. The third-order valence-corrected chi connectivity index (χ3v) is 5.99. The Kier molecular flexibility index (Phi) is 6.34. The molecule has 0 saturated carbocycles. The van der Waals surface area contributed by atoms with Crippen LogP contribution in [0.25, 0.3) is 0 Å². The molecule has 0 radical (unpaired) electrons. The molecule has 1 atom stereocenters. The number of nitrogens with zero attached hydrogens (tertiary/aromatic N) is 2. The highest BCUT2D eigenvalue weighted by Crippen LogP contribution is 2.40. The number of aromatic nitrogens is 2. The van der Waals surface area contributed by atoms with E-state index in [0.717, 1.165) is 16.8 Å². The van der Waals surface area contributed by atoms with E-state index in [0.29, 0.717) is 29.4 Å². The van der Waals surface area contributed by atoms with E-state index in [1.54, 1.807) is 36.4 Å². The molecular formula is C26H29N5O4. The van der Waals surface area contributed by atoms with Gasteiger partial charge in [-0.15, -0.1) is 0 Å². The Balaban J connectivity index is 1.53. The van der Waals surface area contributed by atoms with Gasteiger partial charge in [0.1, 0.15) is 11.8 Å². The second-order valence-corrected chi connectivity index (χ2v) is 9.64. The van der Waals surface area contributed by atoms with Crippen LogP contribution in [0.2, 0.25) is 0 Å². The van der Waals surface area contributed by atoms with Gasteiger partial charge in [-0.05, 0) is 54.3 Å². The maximum absolute atomic E-state index is 12.9. The fourth-order valence-electron chi connectivity index (χ4n) is 4.14. The number of carbonyl (C=O) groups excluding carboxylic acids is 3. The third-order valence-electron chi connectivity index (χ3n) is 5.99. The molecule has 35 heavy (non-hydrogen) atoms. The van der Waals surface area contributed by atoms with Crippen molar-refractivity contribution in [3.63, 3.8) is 0 Å². The second kappa shape index (κ2) is 9.25. The minimum absolute atomic E-state index is 0.00461. The van der Waals surface area contributed by atoms with Gasteiger partial charge in [-0.2, -0.15) is 5.10 Å². The number of hydrogen-bond donors (Lipinski definition) is 3. The Labute approximate surface area is 203 Å². The first-order valence-electron chi connectivity index (χ1n) is 11.3. The number of amides is 2. The van der Waals surface area contributed by atoms with E-state index in [2.05, 4.69) is 36.3 Å². The average Bonchev–Trinajstić information content (AvgIpc) is 3.37. The van der Waals surface area contributed by atoms with Gasteiger partial charge in [-0.25, -0.2) is 0 Å². The van der Waals surface area contributed by atoms with Crippen LogP contribution in [0.1, 0.15) is 60.9 Å². The number of nitrogens with one attached hydrogen (secondary N) is 2. The molecule has 4 N–H and O–H groups in total. The standard InChI is InChI=1S/C26H29N5O4/c1-15(32)23-22-20(13-31(23)18-9-11-19(12-10-18)35-14-21(27)33)24(30-29-22)28-25(34)16-5-7-17(8-6-16)26(2,3)4/h5-12,23H,13-14H2,1-4H3,(H2,27,33)(H2,28,29,30,34). The number of rotatable bonds is 7. The number of anilines is 2. The Morgan fingerprint density at radius 2 is 1.77 bits per heavy atom. The summed E-state index contributed by atoms with van der Waals surface area (Å²) in [5, 5.41) is 10.1. The summed E-state index contributed by atoms with van der Waals surface area (Å²) >= 11 is 0. The van der Waals surface area contributed by atoms with E-state index in [4.69, 9.17) is 10.5 Å². The van der Waals surface area contributed by atoms with E-state index in [9.17, 15) is 14.4 Å². The molecule has 0 bridgehead atoms. The number of H-pyrrole nitrogens is 1. The number of Topliss-reactive ketones (excluding diaryl/α,β-unsaturated/α-hetero) is 1. The average molecular weight is 476 g/mol. The second-order valence-electron chi connectivity index (χ2n) is 9.64. The Morgan fingerprint density at radius 1 is 1.11 bits per heavy atom. The maximum atomic E-state index is 12.9. The monoisotopic (exact) mass is 475 g/mol. The minimum Gasteiger partial charge on any atom is -0.484 e. The van der Waals surface area contributed by atoms with Crippen molar-refractivity contribution in [2.75, 3.05) is 16.8 Å². The predicted molar refractivity (Wildman–Crippen MR) is 132 cm³/mol. The zero-order valence-corrected chi connectivity index (χ0v) is 20.2. The normalized spacial score (nSPS) is 15.0. The van der Waals surface area contributed by atoms with Gasteiger partial charge in [0.25, 0.3) is 11.8 Å². The Hall–Kier alpha value is -4.14. The Bertz CT molecular complexity index is 1260. The number of benzene rings is 2. The van der Waals surface area contributed by atoms with E-state index in [1.165, 1.54) is 6.92 Å². The van der Waals surface area contributed by atoms with Crippen molar-refractivity contribution in [2.24, 2.45) is 5.73 Å². The predicted octanol–water partition coefficient (Wildman–Crippen LogP) is 3.47. The van der Waals surface area contributed by atoms with Crippen LogP contribution in [-0.2, 0) is 21.5 Å². The SMILES string of the molecule is CC(=O)C1c2[nH]nc(NC(=O)c3ccc(C(C)(C)C)cc3)c2CN1c1ccc(OCC(N)=O)cc1. The Morgan fingerprint density at radius 3 is 2.34 bits per heavy atom. The van der Waals surface area contributed by atoms with Crippen molar-refractivity contribution in [2.45, 2.75) is 45.7 Å². The van der Waals surface area contributed by atoms with Crippen LogP contribution in [0.3, 0.4) is 0 Å². The summed E-state index contributed by atoms with van der Waals surface area (Å²) in [6.45, 7) is 8.05. The molecule has 2 aromatic carbocycles. The molecule has 2 heterocycles. The fraction of sp³-hybridized carbons (Fsp3) is 0.308. The van der Waals surface area contributed by atoms with Crippen molar-refractivity contribution in [3.05, 3.63) is 70.9 Å². The molecule has 0 saturated heterocycles. The highest BCUT2D eigenvalue weighted by molar-refractivity contribution is 6.04. The largest absolute Gasteiger partial charge is 0.484 e. The molecule has 0 fully saturated rings. The molecule has 2 amide bonds. The molecule has 0 aliphatic carbocycles. The first kappa shape index (κ1) is 24.0. The van der Waals surface area contributed by atoms with Crippen LogP contribution in [0.4, 0.5) is 11.5 Å². The highest BCUT2D eigenvalue weighted by atomic mass is 16.5. The lowest BCUT2D eigenvalue weighted by Crippen LogP contribution is -2.27. The van der Waals surface area contributed by atoms with Crippen molar-refractivity contribution < 1.29 is 19.1 Å². The lowest BCUT2D eigenvalue weighted by molar-refractivity contribution is -0.120. The lowest BCUT2D eigenvalue weighted by Gasteiger charge is -2.25. The summed E-state index contributed by atoms with van der Waals surface area (Å²) in [4.78, 5) is 38.3. The number of nitrogens with two attached hydrogens (primary N) is 1. The van der Waals surface area contributed by atoms with Gasteiger partial charge in [0, 0.05) is 23.4 Å². The molecule has 1 unspecified atom stereocenters. The van der Waals surface area contributed by atoms with Crippen molar-refractivity contribution in [1.82, 2.24) is 10.2 Å². The number of fused-ring (bicyclic) bond motifs is 1. The first-order chi connectivity index (χ1) is 16.5. The van der Waals surface area contributed by atoms with Crippen LogP contribution in [0.5, 0.6) is 5.75 Å². The van der Waals surface area contributed by atoms with Gasteiger partial charge in [-0.3, -0.25) is 19.5 Å². The van der Waals surface area contributed by atoms with Gasteiger partial charge in [0.15, 0.2) is 18.2 Å². The number of primary amides is 1. The van der Waals surface area contributed by atoms with Crippen molar-refractivity contribution >= 4 is 29.1 Å². The summed E-state index contributed by atoms with van der Waals surface area (Å²) < 4.78 is 5.31. The third kappa shape index (κ3) is 5.03. The van der Waals surface area contributed by atoms with Gasteiger partial charge < -0.3 is 20.7 Å². The number of carbonyl (C=O) groups is 3. The zero-order chi connectivity index (χ0) is 25.3. The quantitative estimate of drug-likeness (QED) is 0.480. The molecule has 1 aliphatic rings. The lowest BCUT2D eigenvalue weighted by atomic mass is 9.87. The van der Waals surface area contributed by atoms with Crippen molar-refractivity contribution in [1.29, 1.82) is 0 Å². The van der Waals surface area contributed by atoms with E-state index < -0.39 is 11.9 Å². The summed E-state index contributed by atoms with van der Waals surface area (Å²) in [5.74, 6) is 0.0124. The summed E-state index contributed by atoms with van der Waals surface area (Å²) in [7, 11) is 0. The van der Waals surface area contributed by atoms with Crippen LogP contribution in [-0.4, -0.2) is 34.4 Å². The molecule has 4 rings (SSSR count). The molecule has 9 nitrogen and oxygen atoms in total. The smallest absolute Gasteiger partial charge is 0.256 e. The molecule has 1 aliphatic heterocycles. The number of ether oxygens (including phenoxy) is 1. The molecular weight excluding hydrogens is 446 g/mol. The molecule has 9 heteroatoms. The summed E-state index contributed by atoms with van der Waals surface area (Å²) in [6.07, 6.45) is 0. The summed E-state index contributed by atoms with van der Waals surface area (Å²) in [5.41, 5.74) is 8.99. The van der Waals surface area contributed by atoms with Gasteiger partial charge in [0.2, 0.25) is 0 Å². The van der Waals surface area contributed by atoms with Crippen LogP contribution >= 0.6 is 0 Å². The van der Waals surface area contributed by atoms with Gasteiger partial charge >= 0.3 is 0 Å². The number of hydrogen-bond acceptors (Lipinski definition) is 6. The van der Waals surface area contributed by atoms with E-state index in [-0.39, 0.29) is 23.7 Å². The molecule has 0 spiro atoms. The molecule has 1 aromatic heterocycles. The maximum Gasteiger partial charge on any atom is 0.256 e. The number of aromatic amines is 1. The summed E-state index contributed by atoms with van der Waals surface area (Å²) in [6, 6.07) is 14.0. The van der Waals surface area contributed by atoms with E-state index in [1.807, 2.05) is 17.0 Å². The highest BCUT2D eigenvalue weighted by Gasteiger charge is 2.38. The van der Waals surface area contributed by atoms with Crippen LogP contribution < -0.4 is 20.7 Å². The minimum atomic E-state index is -0.563. The zero-order valence-electron chi connectivity index (χ0n) is 20.2. The first-order valence-corrected chi connectivity index (χ1v) is 11.3. The van der Waals surface area contributed by atoms with Gasteiger partial charge in [0.05, 0.1) is 5.69 Å².